The number of hydrogen-bond acceptors (Lipinski definition) is 3. The lowest BCUT2D eigenvalue weighted by Crippen LogP contribution is -2.42. The Kier molecular flexibility index (Phi) is 5.93. The van der Waals surface area contributed by atoms with Crippen molar-refractivity contribution in [3.63, 3.8) is 0 Å². The Bertz CT molecular complexity index is 474. The van der Waals surface area contributed by atoms with Gasteiger partial charge in [0.2, 0.25) is 0 Å². The molecule has 2 N–H and O–H groups in total. The standard InChI is InChI=1S/C18H23NO2/c1-18(16-8-4-2-5-9-16,17-10-6-3-7-11-17)19-12-14-21-15-13-20/h2-11,19-20H,12-15H2,1H3. The molecule has 21 heavy (non-hydrogen) atoms. The van der Waals surface area contributed by atoms with Crippen LogP contribution in [0.15, 0.2) is 60.7 Å². The molecule has 2 aromatic rings. The first kappa shape index (κ1) is 15.7. The van der Waals surface area contributed by atoms with E-state index in [2.05, 4.69) is 60.8 Å². The van der Waals surface area contributed by atoms with Crippen LogP contribution < -0.4 is 5.32 Å². The summed E-state index contributed by atoms with van der Waals surface area (Å²) in [6.45, 7) is 3.93. The molecule has 0 heterocycles. The van der Waals surface area contributed by atoms with E-state index < -0.39 is 0 Å². The Morgan fingerprint density at radius 1 is 0.905 bits per heavy atom. The molecule has 0 saturated carbocycles. The number of hydrogen-bond donors (Lipinski definition) is 2. The van der Waals surface area contributed by atoms with Crippen LogP contribution in [-0.2, 0) is 10.3 Å². The first-order valence-electron chi connectivity index (χ1n) is 7.32. The molecule has 0 saturated heterocycles. The monoisotopic (exact) mass is 285 g/mol. The summed E-state index contributed by atoms with van der Waals surface area (Å²) in [6.07, 6.45) is 0. The highest BCUT2D eigenvalue weighted by atomic mass is 16.5. The smallest absolute Gasteiger partial charge is 0.0698 e. The highest BCUT2D eigenvalue weighted by Crippen LogP contribution is 2.28. The van der Waals surface area contributed by atoms with Crippen molar-refractivity contribution in [2.75, 3.05) is 26.4 Å². The van der Waals surface area contributed by atoms with Crippen molar-refractivity contribution < 1.29 is 9.84 Å². The van der Waals surface area contributed by atoms with E-state index in [9.17, 15) is 0 Å². The maximum atomic E-state index is 8.74. The minimum atomic E-state index is -0.259. The van der Waals surface area contributed by atoms with E-state index in [4.69, 9.17) is 9.84 Å². The van der Waals surface area contributed by atoms with Crippen molar-refractivity contribution in [1.82, 2.24) is 5.32 Å². The van der Waals surface area contributed by atoms with Gasteiger partial charge in [-0.3, -0.25) is 0 Å². The molecule has 3 heteroatoms. The minimum Gasteiger partial charge on any atom is -0.394 e. The molecule has 0 radical (unpaired) electrons. The highest BCUT2D eigenvalue weighted by molar-refractivity contribution is 5.37. The van der Waals surface area contributed by atoms with Crippen LogP contribution in [-0.4, -0.2) is 31.5 Å². The minimum absolute atomic E-state index is 0.0641. The molecule has 112 valence electrons. The number of aliphatic hydroxyl groups is 1. The molecule has 0 atom stereocenters. The molecule has 0 aromatic heterocycles. The zero-order valence-corrected chi connectivity index (χ0v) is 12.5. The van der Waals surface area contributed by atoms with Crippen molar-refractivity contribution in [1.29, 1.82) is 0 Å². The Labute approximate surface area is 126 Å². The average molecular weight is 285 g/mol. The van der Waals surface area contributed by atoms with Crippen LogP contribution in [0.25, 0.3) is 0 Å². The molecular formula is C18H23NO2. The summed E-state index contributed by atoms with van der Waals surface area (Å²) in [5.41, 5.74) is 2.18. The van der Waals surface area contributed by atoms with Crippen LogP contribution in [0.4, 0.5) is 0 Å². The number of ether oxygens (including phenoxy) is 1. The molecule has 0 amide bonds. The summed E-state index contributed by atoms with van der Waals surface area (Å²) >= 11 is 0. The van der Waals surface area contributed by atoms with Crippen molar-refractivity contribution in [2.45, 2.75) is 12.5 Å². The lowest BCUT2D eigenvalue weighted by molar-refractivity contribution is 0.0910. The highest BCUT2D eigenvalue weighted by Gasteiger charge is 2.27. The zero-order chi connectivity index (χ0) is 15.0. The van der Waals surface area contributed by atoms with E-state index in [0.717, 1.165) is 6.54 Å². The Balaban J connectivity index is 2.15. The Morgan fingerprint density at radius 2 is 1.43 bits per heavy atom. The molecule has 0 unspecified atom stereocenters. The number of rotatable bonds is 8. The van der Waals surface area contributed by atoms with Gasteiger partial charge in [-0.25, -0.2) is 0 Å². The maximum Gasteiger partial charge on any atom is 0.0698 e. The van der Waals surface area contributed by atoms with E-state index in [-0.39, 0.29) is 12.1 Å². The number of aliphatic hydroxyl groups excluding tert-OH is 1. The average Bonchev–Trinajstić information content (AvgIpc) is 2.56. The van der Waals surface area contributed by atoms with E-state index >= 15 is 0 Å². The first-order valence-corrected chi connectivity index (χ1v) is 7.32. The van der Waals surface area contributed by atoms with Gasteiger partial charge in [0.15, 0.2) is 0 Å². The fraction of sp³-hybridized carbons (Fsp3) is 0.333. The molecule has 2 rings (SSSR count). The third kappa shape index (κ3) is 4.14. The second-order valence-corrected chi connectivity index (χ2v) is 5.12. The van der Waals surface area contributed by atoms with Gasteiger partial charge < -0.3 is 15.2 Å². The van der Waals surface area contributed by atoms with Crippen LogP contribution in [0.1, 0.15) is 18.1 Å². The molecule has 0 spiro atoms. The third-order valence-electron chi connectivity index (χ3n) is 3.66. The van der Waals surface area contributed by atoms with E-state index in [1.54, 1.807) is 0 Å². The summed E-state index contributed by atoms with van der Waals surface area (Å²) in [5.74, 6) is 0. The molecule has 2 aromatic carbocycles. The van der Waals surface area contributed by atoms with Gasteiger partial charge in [-0.2, -0.15) is 0 Å². The number of benzene rings is 2. The Hall–Kier alpha value is -1.68. The summed E-state index contributed by atoms with van der Waals surface area (Å²) in [4.78, 5) is 0. The van der Waals surface area contributed by atoms with Crippen LogP contribution >= 0.6 is 0 Å². The zero-order valence-electron chi connectivity index (χ0n) is 12.5. The largest absolute Gasteiger partial charge is 0.394 e. The lowest BCUT2D eigenvalue weighted by Gasteiger charge is -2.32. The summed E-state index contributed by atoms with van der Waals surface area (Å²) < 4.78 is 5.34. The second kappa shape index (κ2) is 7.93. The van der Waals surface area contributed by atoms with Crippen molar-refractivity contribution in [3.8, 4) is 0 Å². The van der Waals surface area contributed by atoms with Gasteiger partial charge in [0, 0.05) is 6.54 Å². The molecule has 0 fully saturated rings. The maximum absolute atomic E-state index is 8.74. The van der Waals surface area contributed by atoms with Crippen LogP contribution in [0.3, 0.4) is 0 Å². The fourth-order valence-electron chi connectivity index (χ4n) is 2.45. The van der Waals surface area contributed by atoms with Crippen molar-refractivity contribution in [2.24, 2.45) is 0 Å². The van der Waals surface area contributed by atoms with Gasteiger partial charge in [-0.15, -0.1) is 0 Å². The molecule has 0 aliphatic heterocycles. The van der Waals surface area contributed by atoms with Crippen LogP contribution in [0.2, 0.25) is 0 Å². The van der Waals surface area contributed by atoms with Crippen molar-refractivity contribution >= 4 is 0 Å². The molecule has 0 aliphatic carbocycles. The quantitative estimate of drug-likeness (QED) is 0.732. The normalized spacial score (nSPS) is 11.5. The molecule has 3 nitrogen and oxygen atoms in total. The third-order valence-corrected chi connectivity index (χ3v) is 3.66. The molecular weight excluding hydrogens is 262 g/mol. The van der Waals surface area contributed by atoms with Gasteiger partial charge in [-0.05, 0) is 18.1 Å². The van der Waals surface area contributed by atoms with Gasteiger partial charge >= 0.3 is 0 Å². The SMILES string of the molecule is CC(NCCOCCO)(c1ccccc1)c1ccccc1. The first-order chi connectivity index (χ1) is 10.3. The predicted octanol–water partition coefficient (Wildman–Crippen LogP) is 2.55. The van der Waals surface area contributed by atoms with E-state index in [1.807, 2.05) is 12.1 Å². The topological polar surface area (TPSA) is 41.5 Å². The van der Waals surface area contributed by atoms with Crippen molar-refractivity contribution in [3.05, 3.63) is 71.8 Å². The lowest BCUT2D eigenvalue weighted by atomic mass is 9.84. The summed E-state index contributed by atoms with van der Waals surface area (Å²) in [7, 11) is 0. The number of nitrogens with one attached hydrogen (secondary N) is 1. The van der Waals surface area contributed by atoms with Gasteiger partial charge in [0.25, 0.3) is 0 Å². The van der Waals surface area contributed by atoms with E-state index in [0.29, 0.717) is 13.2 Å². The molecule has 0 aliphatic rings. The fourth-order valence-corrected chi connectivity index (χ4v) is 2.45. The Morgan fingerprint density at radius 3 is 1.90 bits per heavy atom. The van der Waals surface area contributed by atoms with Gasteiger partial charge in [0.1, 0.15) is 0 Å². The second-order valence-electron chi connectivity index (χ2n) is 5.12. The van der Waals surface area contributed by atoms with Gasteiger partial charge in [0.05, 0.1) is 25.4 Å². The van der Waals surface area contributed by atoms with E-state index in [1.165, 1.54) is 11.1 Å². The van der Waals surface area contributed by atoms with Gasteiger partial charge in [-0.1, -0.05) is 60.7 Å². The summed E-state index contributed by atoms with van der Waals surface area (Å²) in [6, 6.07) is 20.8. The summed E-state index contributed by atoms with van der Waals surface area (Å²) in [5, 5.41) is 12.3. The molecule has 0 bridgehead atoms. The van der Waals surface area contributed by atoms with Crippen LogP contribution in [0.5, 0.6) is 0 Å². The predicted molar refractivity (Wildman–Crippen MR) is 85.2 cm³/mol. The van der Waals surface area contributed by atoms with Crippen LogP contribution in [0, 0.1) is 0 Å².